The maximum absolute atomic E-state index is 4.40. The molecule has 5 nitrogen and oxygen atoms in total. The van der Waals surface area contributed by atoms with Crippen LogP contribution in [0.15, 0.2) is 4.99 Å². The van der Waals surface area contributed by atoms with E-state index in [9.17, 15) is 0 Å². The largest absolute Gasteiger partial charge is 0.356 e. The quantitative estimate of drug-likeness (QED) is 0.577. The highest BCUT2D eigenvalue weighted by Crippen LogP contribution is 2.19. The number of guanidine groups is 1. The molecule has 0 radical (unpaired) electrons. The second-order valence-corrected chi connectivity index (χ2v) is 7.71. The van der Waals surface area contributed by atoms with Gasteiger partial charge in [-0.05, 0) is 65.2 Å². The van der Waals surface area contributed by atoms with Crippen molar-refractivity contribution in [2.75, 3.05) is 52.9 Å². The summed E-state index contributed by atoms with van der Waals surface area (Å²) in [7, 11) is 1.87. The SMILES string of the molecule is CCN1CCC(CNC(=NC)NCC(C)(C)N2CCCCC2)C1. The Balaban J connectivity index is 1.72. The highest BCUT2D eigenvalue weighted by Gasteiger charge is 2.28. The number of hydrogen-bond acceptors (Lipinski definition) is 3. The van der Waals surface area contributed by atoms with Gasteiger partial charge in [-0.25, -0.2) is 0 Å². The van der Waals surface area contributed by atoms with E-state index in [0.29, 0.717) is 0 Å². The number of likely N-dealkylation sites (tertiary alicyclic amines) is 2. The number of aliphatic imine (C=N–C) groups is 1. The fourth-order valence-electron chi connectivity index (χ4n) is 3.74. The summed E-state index contributed by atoms with van der Waals surface area (Å²) in [5.74, 6) is 1.70. The zero-order valence-electron chi connectivity index (χ0n) is 15.7. The summed E-state index contributed by atoms with van der Waals surface area (Å²) in [5.41, 5.74) is 0.185. The third kappa shape index (κ3) is 5.64. The van der Waals surface area contributed by atoms with Crippen molar-refractivity contribution in [3.63, 3.8) is 0 Å². The molecule has 23 heavy (non-hydrogen) atoms. The lowest BCUT2D eigenvalue weighted by Gasteiger charge is -2.41. The summed E-state index contributed by atoms with van der Waals surface area (Å²) in [6.45, 7) is 15.0. The van der Waals surface area contributed by atoms with Crippen molar-refractivity contribution in [2.24, 2.45) is 10.9 Å². The van der Waals surface area contributed by atoms with Crippen LogP contribution in [0.2, 0.25) is 0 Å². The van der Waals surface area contributed by atoms with Gasteiger partial charge in [0.1, 0.15) is 0 Å². The van der Waals surface area contributed by atoms with E-state index in [1.165, 1.54) is 58.4 Å². The monoisotopic (exact) mass is 323 g/mol. The Morgan fingerprint density at radius 2 is 1.87 bits per heavy atom. The maximum atomic E-state index is 4.40. The molecule has 1 unspecified atom stereocenters. The smallest absolute Gasteiger partial charge is 0.191 e. The van der Waals surface area contributed by atoms with E-state index in [1.807, 2.05) is 7.05 Å². The van der Waals surface area contributed by atoms with E-state index in [0.717, 1.165) is 25.0 Å². The fraction of sp³-hybridized carbons (Fsp3) is 0.944. The van der Waals surface area contributed by atoms with Crippen LogP contribution in [0.1, 0.15) is 46.5 Å². The molecule has 0 spiro atoms. The molecule has 2 fully saturated rings. The molecule has 1 atom stereocenters. The number of nitrogens with zero attached hydrogens (tertiary/aromatic N) is 3. The molecule has 2 aliphatic rings. The fourth-order valence-corrected chi connectivity index (χ4v) is 3.74. The predicted molar refractivity (Wildman–Crippen MR) is 99.1 cm³/mol. The molecule has 134 valence electrons. The molecule has 0 aliphatic carbocycles. The third-order valence-corrected chi connectivity index (χ3v) is 5.50. The number of nitrogens with one attached hydrogen (secondary N) is 2. The van der Waals surface area contributed by atoms with E-state index in [1.54, 1.807) is 0 Å². The van der Waals surface area contributed by atoms with Crippen molar-refractivity contribution in [3.05, 3.63) is 0 Å². The molecule has 2 N–H and O–H groups in total. The summed E-state index contributed by atoms with van der Waals surface area (Å²) in [6.07, 6.45) is 5.37. The molecule has 0 aromatic carbocycles. The van der Waals surface area contributed by atoms with E-state index in [2.05, 4.69) is 46.2 Å². The van der Waals surface area contributed by atoms with Crippen molar-refractivity contribution in [1.82, 2.24) is 20.4 Å². The molecular weight excluding hydrogens is 286 g/mol. The summed E-state index contributed by atoms with van der Waals surface area (Å²) in [6, 6.07) is 0. The molecule has 2 heterocycles. The Hall–Kier alpha value is -0.810. The molecule has 0 bridgehead atoms. The molecule has 0 amide bonds. The average Bonchev–Trinajstić information content (AvgIpc) is 3.04. The standard InChI is InChI=1S/C18H37N5/c1-5-22-12-9-16(14-22)13-20-17(19-4)21-15-18(2,3)23-10-7-6-8-11-23/h16H,5-15H2,1-4H3,(H2,19,20,21). The van der Waals surface area contributed by atoms with E-state index < -0.39 is 0 Å². The highest BCUT2D eigenvalue weighted by atomic mass is 15.2. The first-order valence-electron chi connectivity index (χ1n) is 9.47. The first-order chi connectivity index (χ1) is 11.0. The van der Waals surface area contributed by atoms with Crippen LogP contribution in [0, 0.1) is 5.92 Å². The Kier molecular flexibility index (Phi) is 7.15. The lowest BCUT2D eigenvalue weighted by atomic mass is 9.98. The zero-order valence-corrected chi connectivity index (χ0v) is 15.7. The lowest BCUT2D eigenvalue weighted by molar-refractivity contribution is 0.0982. The lowest BCUT2D eigenvalue weighted by Crippen LogP contribution is -2.55. The van der Waals surface area contributed by atoms with Crippen LogP contribution in [0.3, 0.4) is 0 Å². The third-order valence-electron chi connectivity index (χ3n) is 5.50. The first kappa shape index (κ1) is 18.5. The molecule has 5 heteroatoms. The van der Waals surface area contributed by atoms with Gasteiger partial charge in [-0.2, -0.15) is 0 Å². The molecule has 0 aromatic rings. The van der Waals surface area contributed by atoms with Crippen molar-refractivity contribution in [1.29, 1.82) is 0 Å². The predicted octanol–water partition coefficient (Wildman–Crippen LogP) is 1.76. The van der Waals surface area contributed by atoms with E-state index in [-0.39, 0.29) is 5.54 Å². The van der Waals surface area contributed by atoms with Gasteiger partial charge in [0, 0.05) is 32.2 Å². The van der Waals surface area contributed by atoms with Crippen LogP contribution in [0.25, 0.3) is 0 Å². The van der Waals surface area contributed by atoms with Gasteiger partial charge in [0.15, 0.2) is 5.96 Å². The molecule has 2 rings (SSSR count). The van der Waals surface area contributed by atoms with Crippen LogP contribution in [0.4, 0.5) is 0 Å². The van der Waals surface area contributed by atoms with E-state index in [4.69, 9.17) is 0 Å². The number of hydrogen-bond donors (Lipinski definition) is 2. The van der Waals surface area contributed by atoms with Crippen LogP contribution < -0.4 is 10.6 Å². The second kappa shape index (κ2) is 8.88. The van der Waals surface area contributed by atoms with Gasteiger partial charge in [-0.1, -0.05) is 13.3 Å². The van der Waals surface area contributed by atoms with Gasteiger partial charge in [0.25, 0.3) is 0 Å². The van der Waals surface area contributed by atoms with Gasteiger partial charge in [-0.3, -0.25) is 9.89 Å². The van der Waals surface area contributed by atoms with Gasteiger partial charge < -0.3 is 15.5 Å². The average molecular weight is 324 g/mol. The Morgan fingerprint density at radius 3 is 2.48 bits per heavy atom. The molecule has 0 saturated carbocycles. The Morgan fingerprint density at radius 1 is 1.13 bits per heavy atom. The van der Waals surface area contributed by atoms with Gasteiger partial charge in [0.2, 0.25) is 0 Å². The van der Waals surface area contributed by atoms with Crippen LogP contribution in [-0.4, -0.2) is 74.2 Å². The van der Waals surface area contributed by atoms with Crippen molar-refractivity contribution < 1.29 is 0 Å². The van der Waals surface area contributed by atoms with Crippen LogP contribution >= 0.6 is 0 Å². The van der Waals surface area contributed by atoms with Crippen LogP contribution in [0.5, 0.6) is 0 Å². The van der Waals surface area contributed by atoms with Gasteiger partial charge in [-0.15, -0.1) is 0 Å². The maximum Gasteiger partial charge on any atom is 0.191 e. The van der Waals surface area contributed by atoms with Gasteiger partial charge >= 0.3 is 0 Å². The minimum absolute atomic E-state index is 0.185. The second-order valence-electron chi connectivity index (χ2n) is 7.71. The molecular formula is C18H37N5. The van der Waals surface area contributed by atoms with Crippen molar-refractivity contribution in [2.45, 2.75) is 52.0 Å². The van der Waals surface area contributed by atoms with E-state index >= 15 is 0 Å². The zero-order chi connectivity index (χ0) is 16.7. The number of rotatable bonds is 6. The Labute approximate surface area is 142 Å². The first-order valence-corrected chi connectivity index (χ1v) is 9.47. The highest BCUT2D eigenvalue weighted by molar-refractivity contribution is 5.79. The molecule has 0 aromatic heterocycles. The Bertz CT molecular complexity index is 374. The van der Waals surface area contributed by atoms with Crippen LogP contribution in [-0.2, 0) is 0 Å². The topological polar surface area (TPSA) is 42.9 Å². The summed E-state index contributed by atoms with van der Waals surface area (Å²) >= 11 is 0. The minimum atomic E-state index is 0.185. The summed E-state index contributed by atoms with van der Waals surface area (Å²) in [5, 5.41) is 7.06. The summed E-state index contributed by atoms with van der Waals surface area (Å²) in [4.78, 5) is 9.55. The minimum Gasteiger partial charge on any atom is -0.356 e. The van der Waals surface area contributed by atoms with Crippen molar-refractivity contribution in [3.8, 4) is 0 Å². The normalized spacial score (nSPS) is 24.9. The van der Waals surface area contributed by atoms with Crippen molar-refractivity contribution >= 4 is 5.96 Å². The van der Waals surface area contributed by atoms with Gasteiger partial charge in [0.05, 0.1) is 0 Å². The number of piperidine rings is 1. The summed E-state index contributed by atoms with van der Waals surface area (Å²) < 4.78 is 0. The molecule has 2 saturated heterocycles. The molecule has 2 aliphatic heterocycles.